The average Bonchev–Trinajstić information content (AvgIpc) is 3.15. The molecule has 2 amide bonds. The van der Waals surface area contributed by atoms with Gasteiger partial charge in [-0.3, -0.25) is 9.59 Å². The van der Waals surface area contributed by atoms with Gasteiger partial charge in [0.2, 0.25) is 5.91 Å². The molecule has 0 N–H and O–H groups in total. The quantitative estimate of drug-likeness (QED) is 0.571. The van der Waals surface area contributed by atoms with Crippen LogP contribution < -0.4 is 9.80 Å². The Morgan fingerprint density at radius 3 is 2.34 bits per heavy atom. The summed E-state index contributed by atoms with van der Waals surface area (Å²) in [5.41, 5.74) is 2.77. The van der Waals surface area contributed by atoms with Crippen LogP contribution in [0.3, 0.4) is 0 Å². The van der Waals surface area contributed by atoms with Crippen LogP contribution in [0.2, 0.25) is 0 Å². The van der Waals surface area contributed by atoms with Gasteiger partial charge in [-0.25, -0.2) is 0 Å². The minimum atomic E-state index is -0.116. The smallest absolute Gasteiger partial charge is 0.268 e. The largest absolute Gasteiger partial charge is 0.305 e. The molecule has 0 bridgehead atoms. The first-order valence-electron chi connectivity index (χ1n) is 9.81. The van der Waals surface area contributed by atoms with Crippen LogP contribution in [0.4, 0.5) is 11.4 Å². The molecule has 1 aliphatic heterocycles. The zero-order chi connectivity index (χ0) is 20.5. The molecular weight excluding hydrogens is 380 g/mol. The predicted molar refractivity (Wildman–Crippen MR) is 119 cm³/mol. The molecule has 1 aliphatic rings. The van der Waals surface area contributed by atoms with Crippen molar-refractivity contribution < 1.29 is 9.59 Å². The standard InChI is InChI=1S/C24H24N2O2S/c1-16-15-22(26(18(3)27)19-9-5-4-6-10-19)20-11-7-8-12-21(20)25(16)24(28)23-14-13-17(2)29-23/h4-14,16,22H,15H2,1-3H3/t16-,22+/m1/s1. The Kier molecular flexibility index (Phi) is 5.24. The van der Waals surface area contributed by atoms with Crippen LogP contribution in [0.1, 0.15) is 46.4 Å². The van der Waals surface area contributed by atoms with Crippen molar-refractivity contribution in [2.24, 2.45) is 0 Å². The normalized spacial score (nSPS) is 18.2. The number of carbonyl (C=O) groups is 2. The van der Waals surface area contributed by atoms with E-state index in [1.807, 2.05) is 83.5 Å². The molecular formula is C24H24N2O2S. The van der Waals surface area contributed by atoms with E-state index in [-0.39, 0.29) is 23.9 Å². The summed E-state index contributed by atoms with van der Waals surface area (Å²) in [6, 6.07) is 21.4. The summed E-state index contributed by atoms with van der Waals surface area (Å²) in [5, 5.41) is 0. The minimum absolute atomic E-state index is 0.00291. The molecule has 0 spiro atoms. The van der Waals surface area contributed by atoms with Crippen molar-refractivity contribution in [1.82, 2.24) is 0 Å². The fraction of sp³-hybridized carbons (Fsp3) is 0.250. The van der Waals surface area contributed by atoms with E-state index >= 15 is 0 Å². The average molecular weight is 405 g/mol. The molecule has 0 saturated heterocycles. The van der Waals surface area contributed by atoms with Crippen LogP contribution in [-0.4, -0.2) is 17.9 Å². The molecule has 0 unspecified atom stereocenters. The van der Waals surface area contributed by atoms with Gasteiger partial charge in [-0.05, 0) is 56.2 Å². The first-order chi connectivity index (χ1) is 14.0. The van der Waals surface area contributed by atoms with Gasteiger partial charge in [0.05, 0.1) is 10.9 Å². The molecule has 29 heavy (non-hydrogen) atoms. The molecule has 1 aromatic heterocycles. The summed E-state index contributed by atoms with van der Waals surface area (Å²) >= 11 is 1.52. The van der Waals surface area contributed by atoms with Crippen molar-refractivity contribution in [2.45, 2.75) is 39.3 Å². The zero-order valence-electron chi connectivity index (χ0n) is 16.8. The first kappa shape index (κ1) is 19.4. The van der Waals surface area contributed by atoms with Crippen molar-refractivity contribution in [1.29, 1.82) is 0 Å². The maximum absolute atomic E-state index is 13.3. The van der Waals surface area contributed by atoms with Gasteiger partial charge in [0.25, 0.3) is 5.91 Å². The highest BCUT2D eigenvalue weighted by Gasteiger charge is 2.38. The molecule has 0 aliphatic carbocycles. The summed E-state index contributed by atoms with van der Waals surface area (Å²) in [4.78, 5) is 31.6. The van der Waals surface area contributed by atoms with Crippen molar-refractivity contribution in [3.05, 3.63) is 82.0 Å². The highest BCUT2D eigenvalue weighted by molar-refractivity contribution is 7.14. The Labute approximate surface area is 175 Å². The number of hydrogen-bond acceptors (Lipinski definition) is 3. The number of nitrogens with zero attached hydrogens (tertiary/aromatic N) is 2. The topological polar surface area (TPSA) is 40.6 Å². The van der Waals surface area contributed by atoms with E-state index in [0.29, 0.717) is 6.42 Å². The van der Waals surface area contributed by atoms with Crippen LogP contribution >= 0.6 is 11.3 Å². The Morgan fingerprint density at radius 1 is 1.00 bits per heavy atom. The van der Waals surface area contributed by atoms with Gasteiger partial charge in [-0.15, -0.1) is 11.3 Å². The third-order valence-corrected chi connectivity index (χ3v) is 6.40. The number of rotatable bonds is 3. The van der Waals surface area contributed by atoms with E-state index in [0.717, 1.165) is 26.7 Å². The molecule has 0 fully saturated rings. The summed E-state index contributed by atoms with van der Waals surface area (Å²) < 4.78 is 0. The molecule has 0 radical (unpaired) electrons. The van der Waals surface area contributed by atoms with Crippen molar-refractivity contribution in [2.75, 3.05) is 9.80 Å². The number of thiophene rings is 1. The fourth-order valence-corrected chi connectivity index (χ4v) is 4.98. The highest BCUT2D eigenvalue weighted by Crippen LogP contribution is 2.42. The van der Waals surface area contributed by atoms with Crippen LogP contribution in [0, 0.1) is 6.92 Å². The number of anilines is 2. The van der Waals surface area contributed by atoms with Gasteiger partial charge in [-0.2, -0.15) is 0 Å². The maximum Gasteiger partial charge on any atom is 0.268 e. The lowest BCUT2D eigenvalue weighted by Gasteiger charge is -2.43. The predicted octanol–water partition coefficient (Wildman–Crippen LogP) is 5.59. The Hall–Kier alpha value is -2.92. The van der Waals surface area contributed by atoms with E-state index in [1.54, 1.807) is 6.92 Å². The lowest BCUT2D eigenvalue weighted by Crippen LogP contribution is -2.47. The molecule has 0 saturated carbocycles. The monoisotopic (exact) mass is 404 g/mol. The lowest BCUT2D eigenvalue weighted by atomic mass is 9.89. The van der Waals surface area contributed by atoms with Gasteiger partial charge in [0.15, 0.2) is 0 Å². The highest BCUT2D eigenvalue weighted by atomic mass is 32.1. The van der Waals surface area contributed by atoms with Gasteiger partial charge in [-0.1, -0.05) is 36.4 Å². The van der Waals surface area contributed by atoms with Crippen molar-refractivity contribution in [3.63, 3.8) is 0 Å². The first-order valence-corrected chi connectivity index (χ1v) is 10.6. The second-order valence-electron chi connectivity index (χ2n) is 7.47. The molecule has 4 rings (SSSR count). The van der Waals surface area contributed by atoms with Crippen molar-refractivity contribution in [3.8, 4) is 0 Å². The second-order valence-corrected chi connectivity index (χ2v) is 8.76. The number of para-hydroxylation sites is 2. The zero-order valence-corrected chi connectivity index (χ0v) is 17.6. The number of hydrogen-bond donors (Lipinski definition) is 0. The number of aryl methyl sites for hydroxylation is 1. The lowest BCUT2D eigenvalue weighted by molar-refractivity contribution is -0.117. The van der Waals surface area contributed by atoms with Crippen LogP contribution in [0.15, 0.2) is 66.7 Å². The van der Waals surface area contributed by atoms with Crippen LogP contribution in [0.25, 0.3) is 0 Å². The number of benzene rings is 2. The SMILES string of the molecule is CC(=O)N(c1ccccc1)[C@H]1C[C@@H](C)N(C(=O)c2ccc(C)s2)c2ccccc21. The van der Waals surface area contributed by atoms with E-state index in [9.17, 15) is 9.59 Å². The number of carbonyl (C=O) groups excluding carboxylic acids is 2. The van der Waals surface area contributed by atoms with E-state index < -0.39 is 0 Å². The Balaban J connectivity index is 1.78. The van der Waals surface area contributed by atoms with E-state index in [2.05, 4.69) is 6.92 Å². The Bertz CT molecular complexity index is 1040. The number of fused-ring (bicyclic) bond motifs is 1. The summed E-state index contributed by atoms with van der Waals surface area (Å²) in [6.45, 7) is 5.67. The fourth-order valence-electron chi connectivity index (χ4n) is 4.17. The van der Waals surface area contributed by atoms with Gasteiger partial charge >= 0.3 is 0 Å². The molecule has 3 aromatic rings. The minimum Gasteiger partial charge on any atom is -0.305 e. The molecule has 148 valence electrons. The summed E-state index contributed by atoms with van der Waals surface area (Å²) in [5.74, 6) is 0.0208. The summed E-state index contributed by atoms with van der Waals surface area (Å²) in [7, 11) is 0. The van der Waals surface area contributed by atoms with Gasteiger partial charge in [0, 0.05) is 29.2 Å². The van der Waals surface area contributed by atoms with Crippen LogP contribution in [-0.2, 0) is 4.79 Å². The summed E-state index contributed by atoms with van der Waals surface area (Å²) in [6.07, 6.45) is 0.682. The Morgan fingerprint density at radius 2 is 1.69 bits per heavy atom. The maximum atomic E-state index is 13.3. The second kappa shape index (κ2) is 7.84. The van der Waals surface area contributed by atoms with E-state index in [4.69, 9.17) is 0 Å². The molecule has 2 heterocycles. The third-order valence-electron chi connectivity index (χ3n) is 5.42. The van der Waals surface area contributed by atoms with Gasteiger partial charge < -0.3 is 9.80 Å². The molecule has 2 atom stereocenters. The molecule has 2 aromatic carbocycles. The van der Waals surface area contributed by atoms with Crippen molar-refractivity contribution >= 4 is 34.5 Å². The third kappa shape index (κ3) is 3.58. The molecule has 4 nitrogen and oxygen atoms in total. The van der Waals surface area contributed by atoms with Gasteiger partial charge in [0.1, 0.15) is 0 Å². The van der Waals surface area contributed by atoms with E-state index in [1.165, 1.54) is 11.3 Å². The number of amides is 2. The molecule has 5 heteroatoms. The van der Waals surface area contributed by atoms with Crippen LogP contribution in [0.5, 0.6) is 0 Å².